The number of methoxy groups -OCH3 is 1. The van der Waals surface area contributed by atoms with Crippen LogP contribution in [0.1, 0.15) is 41.6 Å². The Hall–Kier alpha value is -1.84. The average Bonchev–Trinajstić information content (AvgIpc) is 2.62. The van der Waals surface area contributed by atoms with Gasteiger partial charge in [0.05, 0.1) is 12.7 Å². The topological polar surface area (TPSA) is 46.6 Å². The van der Waals surface area contributed by atoms with Gasteiger partial charge in [0.2, 0.25) is 5.91 Å². The van der Waals surface area contributed by atoms with Crippen molar-refractivity contribution in [1.29, 1.82) is 0 Å². The quantitative estimate of drug-likeness (QED) is 0.769. The first-order chi connectivity index (χ1) is 9.13. The number of rotatable bonds is 2. The largest absolute Gasteiger partial charge is 0.465 e. The summed E-state index contributed by atoms with van der Waals surface area (Å²) < 4.78 is 4.70. The van der Waals surface area contributed by atoms with E-state index in [1.807, 2.05) is 17.9 Å². The maximum atomic E-state index is 12.1. The fraction of sp³-hybridized carbons (Fsp3) is 0.467. The van der Waals surface area contributed by atoms with E-state index < -0.39 is 0 Å². The molecule has 1 aliphatic rings. The summed E-state index contributed by atoms with van der Waals surface area (Å²) in [6, 6.07) is 5.33. The lowest BCUT2D eigenvalue weighted by molar-refractivity contribution is -0.118. The van der Waals surface area contributed by atoms with Crippen LogP contribution in [0.15, 0.2) is 18.2 Å². The number of amides is 1. The maximum Gasteiger partial charge on any atom is 0.337 e. The summed E-state index contributed by atoms with van der Waals surface area (Å²) in [7, 11) is 1.36. The summed E-state index contributed by atoms with van der Waals surface area (Å²) >= 11 is 0. The van der Waals surface area contributed by atoms with Crippen molar-refractivity contribution in [1.82, 2.24) is 0 Å². The van der Waals surface area contributed by atoms with Gasteiger partial charge in [-0.15, -0.1) is 0 Å². The normalized spacial score (nSPS) is 16.1. The number of nitrogens with zero attached hydrogens (tertiary/aromatic N) is 1. The third kappa shape index (κ3) is 2.95. The third-order valence-electron chi connectivity index (χ3n) is 3.48. The Morgan fingerprint density at radius 2 is 2.05 bits per heavy atom. The maximum absolute atomic E-state index is 12.1. The SMILES string of the molecule is COC(=O)c1ccc(N2CCCCCC2=O)c(C)c1. The smallest absolute Gasteiger partial charge is 0.337 e. The molecule has 4 nitrogen and oxygen atoms in total. The molecule has 1 aromatic rings. The Bertz CT molecular complexity index is 496. The van der Waals surface area contributed by atoms with E-state index in [0.29, 0.717) is 12.0 Å². The molecule has 1 heterocycles. The van der Waals surface area contributed by atoms with E-state index in [1.165, 1.54) is 7.11 Å². The van der Waals surface area contributed by atoms with Gasteiger partial charge in [-0.05, 0) is 43.5 Å². The van der Waals surface area contributed by atoms with Crippen LogP contribution in [0.2, 0.25) is 0 Å². The third-order valence-corrected chi connectivity index (χ3v) is 3.48. The van der Waals surface area contributed by atoms with E-state index in [9.17, 15) is 9.59 Å². The van der Waals surface area contributed by atoms with Gasteiger partial charge in [-0.3, -0.25) is 4.79 Å². The fourth-order valence-electron chi connectivity index (χ4n) is 2.44. The van der Waals surface area contributed by atoms with Crippen LogP contribution in [-0.2, 0) is 9.53 Å². The summed E-state index contributed by atoms with van der Waals surface area (Å²) in [5.41, 5.74) is 2.35. The molecular formula is C15H19NO3. The van der Waals surface area contributed by atoms with Gasteiger partial charge in [0.15, 0.2) is 0 Å². The second-order valence-electron chi connectivity index (χ2n) is 4.85. The molecule has 0 aliphatic carbocycles. The van der Waals surface area contributed by atoms with Gasteiger partial charge in [-0.1, -0.05) is 6.42 Å². The lowest BCUT2D eigenvalue weighted by atomic mass is 10.1. The van der Waals surface area contributed by atoms with Crippen LogP contribution in [0.5, 0.6) is 0 Å². The molecule has 0 unspecified atom stereocenters. The van der Waals surface area contributed by atoms with Gasteiger partial charge in [0.1, 0.15) is 0 Å². The predicted molar refractivity (Wildman–Crippen MR) is 73.3 cm³/mol. The summed E-state index contributed by atoms with van der Waals surface area (Å²) in [6.45, 7) is 2.68. The molecule has 1 amide bonds. The van der Waals surface area contributed by atoms with E-state index in [2.05, 4.69) is 0 Å². The number of hydrogen-bond acceptors (Lipinski definition) is 3. The molecule has 0 radical (unpaired) electrons. The summed E-state index contributed by atoms with van der Waals surface area (Å²) in [5.74, 6) is -0.178. The van der Waals surface area contributed by atoms with Gasteiger partial charge in [-0.2, -0.15) is 0 Å². The number of hydrogen-bond donors (Lipinski definition) is 0. The molecule has 0 spiro atoms. The molecule has 0 atom stereocenters. The molecule has 1 aliphatic heterocycles. The Labute approximate surface area is 113 Å². The second-order valence-corrected chi connectivity index (χ2v) is 4.85. The van der Waals surface area contributed by atoms with Crippen LogP contribution in [0, 0.1) is 6.92 Å². The highest BCUT2D eigenvalue weighted by molar-refractivity contribution is 5.96. The molecule has 1 saturated heterocycles. The van der Waals surface area contributed by atoms with Crippen molar-refractivity contribution in [3.8, 4) is 0 Å². The minimum Gasteiger partial charge on any atom is -0.465 e. The molecule has 2 rings (SSSR count). The standard InChI is InChI=1S/C15H19NO3/c1-11-10-12(15(18)19-2)7-8-13(11)16-9-5-3-4-6-14(16)17/h7-8,10H,3-6,9H2,1-2H3. The zero-order valence-electron chi connectivity index (χ0n) is 11.4. The Morgan fingerprint density at radius 3 is 2.74 bits per heavy atom. The highest BCUT2D eigenvalue weighted by atomic mass is 16.5. The lowest BCUT2D eigenvalue weighted by Crippen LogP contribution is -2.30. The number of aryl methyl sites for hydroxylation is 1. The van der Waals surface area contributed by atoms with E-state index in [1.54, 1.807) is 12.1 Å². The highest BCUT2D eigenvalue weighted by Gasteiger charge is 2.20. The molecule has 1 fully saturated rings. The van der Waals surface area contributed by atoms with Crippen molar-refractivity contribution in [2.24, 2.45) is 0 Å². The average molecular weight is 261 g/mol. The first-order valence-electron chi connectivity index (χ1n) is 6.63. The summed E-state index contributed by atoms with van der Waals surface area (Å²) in [6.07, 6.45) is 3.71. The minimum absolute atomic E-state index is 0.173. The van der Waals surface area contributed by atoms with E-state index in [4.69, 9.17) is 4.74 Å². The molecule has 19 heavy (non-hydrogen) atoms. The van der Waals surface area contributed by atoms with Crippen molar-refractivity contribution >= 4 is 17.6 Å². The van der Waals surface area contributed by atoms with Crippen molar-refractivity contribution in [2.45, 2.75) is 32.6 Å². The Morgan fingerprint density at radius 1 is 1.26 bits per heavy atom. The Kier molecular flexibility index (Phi) is 4.20. The number of benzene rings is 1. The van der Waals surface area contributed by atoms with Crippen molar-refractivity contribution in [3.05, 3.63) is 29.3 Å². The van der Waals surface area contributed by atoms with Gasteiger partial charge in [-0.25, -0.2) is 4.79 Å². The molecule has 0 bridgehead atoms. The Balaban J connectivity index is 2.29. The molecule has 102 valence electrons. The van der Waals surface area contributed by atoms with Crippen LogP contribution in [0.3, 0.4) is 0 Å². The van der Waals surface area contributed by atoms with Gasteiger partial charge in [0.25, 0.3) is 0 Å². The van der Waals surface area contributed by atoms with E-state index in [0.717, 1.165) is 37.1 Å². The first-order valence-corrected chi connectivity index (χ1v) is 6.63. The summed E-state index contributed by atoms with van der Waals surface area (Å²) in [5, 5.41) is 0. The highest BCUT2D eigenvalue weighted by Crippen LogP contribution is 2.25. The van der Waals surface area contributed by atoms with E-state index >= 15 is 0 Å². The van der Waals surface area contributed by atoms with Crippen molar-refractivity contribution < 1.29 is 14.3 Å². The zero-order chi connectivity index (χ0) is 13.8. The number of carbonyl (C=O) groups excluding carboxylic acids is 2. The van der Waals surface area contributed by atoms with Gasteiger partial charge >= 0.3 is 5.97 Å². The van der Waals surface area contributed by atoms with Gasteiger partial charge in [0, 0.05) is 18.7 Å². The number of ether oxygens (including phenoxy) is 1. The lowest BCUT2D eigenvalue weighted by Gasteiger charge is -2.23. The minimum atomic E-state index is -0.350. The van der Waals surface area contributed by atoms with Crippen LogP contribution in [0.4, 0.5) is 5.69 Å². The first kappa shape index (κ1) is 13.6. The van der Waals surface area contributed by atoms with Crippen LogP contribution in [0.25, 0.3) is 0 Å². The molecule has 0 aromatic heterocycles. The number of anilines is 1. The second kappa shape index (κ2) is 5.87. The van der Waals surface area contributed by atoms with Crippen LogP contribution in [-0.4, -0.2) is 25.5 Å². The van der Waals surface area contributed by atoms with Crippen molar-refractivity contribution in [3.63, 3.8) is 0 Å². The van der Waals surface area contributed by atoms with Gasteiger partial charge < -0.3 is 9.64 Å². The molecular weight excluding hydrogens is 242 g/mol. The predicted octanol–water partition coefficient (Wildman–Crippen LogP) is 2.69. The summed E-state index contributed by atoms with van der Waals surface area (Å²) in [4.78, 5) is 25.4. The molecule has 1 aromatic carbocycles. The molecule has 0 N–H and O–H groups in total. The fourth-order valence-corrected chi connectivity index (χ4v) is 2.44. The zero-order valence-corrected chi connectivity index (χ0v) is 11.4. The molecule has 0 saturated carbocycles. The van der Waals surface area contributed by atoms with Crippen LogP contribution >= 0.6 is 0 Å². The van der Waals surface area contributed by atoms with Crippen molar-refractivity contribution in [2.75, 3.05) is 18.6 Å². The number of carbonyl (C=O) groups is 2. The van der Waals surface area contributed by atoms with E-state index in [-0.39, 0.29) is 11.9 Å². The van der Waals surface area contributed by atoms with Crippen LogP contribution < -0.4 is 4.90 Å². The molecule has 4 heteroatoms. The number of esters is 1. The monoisotopic (exact) mass is 261 g/mol.